The average Bonchev–Trinajstić information content (AvgIpc) is 1.65. The maximum absolute atomic E-state index is 5.75. The Balaban J connectivity index is 4.01. The van der Waals surface area contributed by atoms with Crippen LogP contribution >= 0.6 is 0 Å². The molecule has 3 nitrogen and oxygen atoms in total. The van der Waals surface area contributed by atoms with Gasteiger partial charge < -0.3 is 17.2 Å². The second-order valence-electron chi connectivity index (χ2n) is 2.94. The molecule has 0 aliphatic carbocycles. The van der Waals surface area contributed by atoms with Gasteiger partial charge in [-0.05, 0) is 20.8 Å². The monoisotopic (exact) mass is 131 g/mol. The number of rotatable bonds is 2. The second-order valence-corrected chi connectivity index (χ2v) is 2.94. The minimum atomic E-state index is -0.444. The summed E-state index contributed by atoms with van der Waals surface area (Å²) in [7, 11) is 0. The van der Waals surface area contributed by atoms with Crippen LogP contribution in [0.15, 0.2) is 0 Å². The van der Waals surface area contributed by atoms with Crippen molar-refractivity contribution >= 4 is 0 Å². The van der Waals surface area contributed by atoms with Gasteiger partial charge in [0.05, 0.1) is 0 Å². The molecule has 56 valence electrons. The van der Waals surface area contributed by atoms with Gasteiger partial charge in [-0.2, -0.15) is 0 Å². The van der Waals surface area contributed by atoms with Crippen molar-refractivity contribution in [2.24, 2.45) is 17.2 Å². The molecule has 0 heterocycles. The summed E-state index contributed by atoms with van der Waals surface area (Å²) >= 11 is 0. The Labute approximate surface area is 56.6 Å². The lowest BCUT2D eigenvalue weighted by Gasteiger charge is -2.32. The van der Waals surface area contributed by atoms with E-state index in [9.17, 15) is 0 Å². The lowest BCUT2D eigenvalue weighted by molar-refractivity contribution is 0.337. The summed E-state index contributed by atoms with van der Waals surface area (Å²) in [5.74, 6) is 0. The highest BCUT2D eigenvalue weighted by atomic mass is 14.9. The Hall–Kier alpha value is -0.120. The van der Waals surface area contributed by atoms with E-state index in [0.717, 1.165) is 0 Å². The molecule has 0 rings (SSSR count). The third kappa shape index (κ3) is 1.93. The van der Waals surface area contributed by atoms with E-state index in [2.05, 4.69) is 0 Å². The van der Waals surface area contributed by atoms with Crippen molar-refractivity contribution in [2.75, 3.05) is 0 Å². The molecule has 9 heavy (non-hydrogen) atoms. The van der Waals surface area contributed by atoms with Crippen LogP contribution in [0, 0.1) is 0 Å². The van der Waals surface area contributed by atoms with E-state index in [4.69, 9.17) is 17.2 Å². The minimum Gasteiger partial charge on any atom is -0.326 e. The van der Waals surface area contributed by atoms with Crippen molar-refractivity contribution in [1.29, 1.82) is 0 Å². The summed E-state index contributed by atoms with van der Waals surface area (Å²) in [6.07, 6.45) is 0. The second kappa shape index (κ2) is 2.64. The van der Waals surface area contributed by atoms with Gasteiger partial charge in [-0.3, -0.25) is 0 Å². The lowest BCUT2D eigenvalue weighted by atomic mass is 9.89. The lowest BCUT2D eigenvalue weighted by Crippen LogP contribution is -2.61. The van der Waals surface area contributed by atoms with Crippen LogP contribution in [0.2, 0.25) is 0 Å². The van der Waals surface area contributed by atoms with Gasteiger partial charge in [0.1, 0.15) is 0 Å². The fourth-order valence-corrected chi connectivity index (χ4v) is 0.415. The van der Waals surface area contributed by atoms with E-state index in [1.807, 2.05) is 20.8 Å². The maximum Gasteiger partial charge on any atom is 0.0427 e. The molecular formula is C6H17N3. The molecule has 0 amide bonds. The van der Waals surface area contributed by atoms with Gasteiger partial charge >= 0.3 is 0 Å². The maximum atomic E-state index is 5.75. The molecule has 0 saturated heterocycles. The fourth-order valence-electron chi connectivity index (χ4n) is 0.415. The van der Waals surface area contributed by atoms with Gasteiger partial charge in [-0.1, -0.05) is 0 Å². The number of hydrogen-bond donors (Lipinski definition) is 3. The van der Waals surface area contributed by atoms with Crippen molar-refractivity contribution in [3.8, 4) is 0 Å². The highest BCUT2D eigenvalue weighted by molar-refractivity contribution is 4.94. The predicted octanol–water partition coefficient (Wildman–Crippen LogP) is -0.602. The molecule has 0 fully saturated rings. The average molecular weight is 131 g/mol. The summed E-state index contributed by atoms with van der Waals surface area (Å²) < 4.78 is 0. The van der Waals surface area contributed by atoms with Gasteiger partial charge in [0, 0.05) is 17.6 Å². The van der Waals surface area contributed by atoms with Crippen LogP contribution in [-0.2, 0) is 0 Å². The van der Waals surface area contributed by atoms with Crippen molar-refractivity contribution in [1.82, 2.24) is 0 Å². The van der Waals surface area contributed by atoms with Crippen LogP contribution in [0.1, 0.15) is 20.8 Å². The number of nitrogens with two attached hydrogens (primary N) is 3. The first-order chi connectivity index (χ1) is 3.89. The Morgan fingerprint density at radius 2 is 1.33 bits per heavy atom. The van der Waals surface area contributed by atoms with Crippen LogP contribution < -0.4 is 17.2 Å². The zero-order chi connectivity index (χ0) is 7.65. The standard InChI is InChI=1S/C6H17N3/c1-4(7)6(3,9)5(2)8/h4-5H,7-9H2,1-3H3. The molecule has 3 heteroatoms. The van der Waals surface area contributed by atoms with Crippen LogP contribution in [-0.4, -0.2) is 17.6 Å². The quantitative estimate of drug-likeness (QED) is 0.468. The molecule has 0 aromatic carbocycles. The zero-order valence-corrected chi connectivity index (χ0v) is 6.39. The Bertz CT molecular complexity index is 76.3. The van der Waals surface area contributed by atoms with E-state index < -0.39 is 5.54 Å². The molecule has 0 saturated carbocycles. The van der Waals surface area contributed by atoms with E-state index >= 15 is 0 Å². The third-order valence-electron chi connectivity index (χ3n) is 1.96. The Kier molecular flexibility index (Phi) is 2.61. The van der Waals surface area contributed by atoms with Crippen molar-refractivity contribution in [3.63, 3.8) is 0 Å². The van der Waals surface area contributed by atoms with Crippen molar-refractivity contribution < 1.29 is 0 Å². The Morgan fingerprint density at radius 1 is 1.11 bits per heavy atom. The normalized spacial score (nSPS) is 24.7. The first-order valence-corrected chi connectivity index (χ1v) is 3.19. The van der Waals surface area contributed by atoms with E-state index in [-0.39, 0.29) is 12.1 Å². The summed E-state index contributed by atoms with van der Waals surface area (Å²) in [6, 6.07) is -0.116. The minimum absolute atomic E-state index is 0.0579. The molecule has 2 unspecified atom stereocenters. The SMILES string of the molecule is CC(N)C(C)(N)C(C)N. The molecule has 0 radical (unpaired) electrons. The van der Waals surface area contributed by atoms with E-state index in [1.165, 1.54) is 0 Å². The van der Waals surface area contributed by atoms with Gasteiger partial charge in [-0.25, -0.2) is 0 Å². The topological polar surface area (TPSA) is 78.1 Å². The van der Waals surface area contributed by atoms with Gasteiger partial charge in [0.15, 0.2) is 0 Å². The van der Waals surface area contributed by atoms with Crippen LogP contribution in [0.4, 0.5) is 0 Å². The molecule has 0 aliphatic heterocycles. The largest absolute Gasteiger partial charge is 0.326 e. The summed E-state index contributed by atoms with van der Waals surface area (Å²) in [5.41, 5.74) is 16.4. The molecule has 0 aromatic heterocycles. The molecule has 0 spiro atoms. The van der Waals surface area contributed by atoms with Gasteiger partial charge in [-0.15, -0.1) is 0 Å². The van der Waals surface area contributed by atoms with Crippen LogP contribution in [0.25, 0.3) is 0 Å². The first-order valence-electron chi connectivity index (χ1n) is 3.19. The van der Waals surface area contributed by atoms with Crippen LogP contribution in [0.5, 0.6) is 0 Å². The molecular weight excluding hydrogens is 114 g/mol. The molecule has 0 aliphatic rings. The predicted molar refractivity (Wildman–Crippen MR) is 39.9 cm³/mol. The van der Waals surface area contributed by atoms with Crippen molar-refractivity contribution in [2.45, 2.75) is 38.4 Å². The zero-order valence-electron chi connectivity index (χ0n) is 6.39. The van der Waals surface area contributed by atoms with Gasteiger partial charge in [0.25, 0.3) is 0 Å². The highest BCUT2D eigenvalue weighted by Gasteiger charge is 2.27. The van der Waals surface area contributed by atoms with Crippen LogP contribution in [0.3, 0.4) is 0 Å². The smallest absolute Gasteiger partial charge is 0.0427 e. The molecule has 0 bridgehead atoms. The summed E-state index contributed by atoms with van der Waals surface area (Å²) in [5, 5.41) is 0. The van der Waals surface area contributed by atoms with Gasteiger partial charge in [0.2, 0.25) is 0 Å². The summed E-state index contributed by atoms with van der Waals surface area (Å²) in [4.78, 5) is 0. The molecule has 0 aromatic rings. The van der Waals surface area contributed by atoms with Crippen molar-refractivity contribution in [3.05, 3.63) is 0 Å². The fraction of sp³-hybridized carbons (Fsp3) is 1.00. The number of hydrogen-bond acceptors (Lipinski definition) is 3. The summed E-state index contributed by atoms with van der Waals surface area (Å²) in [6.45, 7) is 5.59. The molecule has 6 N–H and O–H groups in total. The third-order valence-corrected chi connectivity index (χ3v) is 1.96. The van der Waals surface area contributed by atoms with E-state index in [1.54, 1.807) is 0 Å². The highest BCUT2D eigenvalue weighted by Crippen LogP contribution is 2.06. The van der Waals surface area contributed by atoms with E-state index in [0.29, 0.717) is 0 Å². The first kappa shape index (κ1) is 8.88. The molecule has 2 atom stereocenters. The Morgan fingerprint density at radius 3 is 1.33 bits per heavy atom.